The molecule has 3 heteroatoms. The van der Waals surface area contributed by atoms with Crippen molar-refractivity contribution >= 4 is 0 Å². The Balaban J connectivity index is 2.60. The van der Waals surface area contributed by atoms with Gasteiger partial charge in [0.1, 0.15) is 0 Å². The highest BCUT2D eigenvalue weighted by atomic mass is 16.5. The van der Waals surface area contributed by atoms with Gasteiger partial charge in [-0.05, 0) is 53.6 Å². The van der Waals surface area contributed by atoms with Crippen molar-refractivity contribution in [2.75, 3.05) is 20.1 Å². The summed E-state index contributed by atoms with van der Waals surface area (Å²) in [5, 5.41) is 0. The van der Waals surface area contributed by atoms with Crippen LogP contribution < -0.4 is 5.73 Å². The number of rotatable bonds is 5. The molecule has 0 aliphatic carbocycles. The Morgan fingerprint density at radius 1 is 1.17 bits per heavy atom. The number of nitrogens with zero attached hydrogens (tertiary/aromatic N) is 1. The van der Waals surface area contributed by atoms with E-state index in [0.29, 0.717) is 5.92 Å². The van der Waals surface area contributed by atoms with Crippen molar-refractivity contribution in [3.05, 3.63) is 0 Å². The second-order valence-corrected chi connectivity index (χ2v) is 7.39. The van der Waals surface area contributed by atoms with Gasteiger partial charge in [0.15, 0.2) is 0 Å². The average molecular weight is 256 g/mol. The minimum absolute atomic E-state index is 0.106. The van der Waals surface area contributed by atoms with E-state index in [1.54, 1.807) is 0 Å². The van der Waals surface area contributed by atoms with Crippen molar-refractivity contribution in [3.8, 4) is 0 Å². The highest BCUT2D eigenvalue weighted by molar-refractivity contribution is 5.04. The van der Waals surface area contributed by atoms with E-state index >= 15 is 0 Å². The van der Waals surface area contributed by atoms with Gasteiger partial charge < -0.3 is 15.4 Å². The molecule has 0 amide bonds. The normalized spacial score (nSPS) is 30.3. The Labute approximate surface area is 113 Å². The first kappa shape index (κ1) is 15.9. The van der Waals surface area contributed by atoms with Crippen LogP contribution in [0.3, 0.4) is 0 Å². The van der Waals surface area contributed by atoms with E-state index in [-0.39, 0.29) is 17.2 Å². The van der Waals surface area contributed by atoms with Crippen LogP contribution in [0.5, 0.6) is 0 Å². The highest BCUT2D eigenvalue weighted by Crippen LogP contribution is 2.41. The van der Waals surface area contributed by atoms with Gasteiger partial charge in [-0.3, -0.25) is 0 Å². The minimum atomic E-state index is -0.215. The second-order valence-electron chi connectivity index (χ2n) is 7.39. The van der Waals surface area contributed by atoms with Crippen LogP contribution >= 0.6 is 0 Å². The van der Waals surface area contributed by atoms with Crippen LogP contribution in [0.15, 0.2) is 0 Å². The molecule has 2 unspecified atom stereocenters. The lowest BCUT2D eigenvalue weighted by molar-refractivity contribution is -0.0781. The van der Waals surface area contributed by atoms with Gasteiger partial charge in [0, 0.05) is 18.5 Å². The van der Waals surface area contributed by atoms with E-state index in [2.05, 4.69) is 53.5 Å². The fourth-order valence-corrected chi connectivity index (χ4v) is 2.98. The van der Waals surface area contributed by atoms with E-state index in [1.807, 2.05) is 0 Å². The summed E-state index contributed by atoms with van der Waals surface area (Å²) >= 11 is 0. The Morgan fingerprint density at radius 2 is 1.72 bits per heavy atom. The molecule has 0 spiro atoms. The molecule has 2 atom stereocenters. The number of hydrogen-bond donors (Lipinski definition) is 1. The largest absolute Gasteiger partial charge is 0.368 e. The third kappa shape index (κ3) is 3.69. The van der Waals surface area contributed by atoms with Crippen LogP contribution in [0.4, 0.5) is 0 Å². The summed E-state index contributed by atoms with van der Waals surface area (Å²) in [6.07, 6.45) is 1.24. The predicted molar refractivity (Wildman–Crippen MR) is 77.7 cm³/mol. The zero-order valence-electron chi connectivity index (χ0n) is 13.3. The number of nitrogens with two attached hydrogens (primary N) is 1. The van der Waals surface area contributed by atoms with Crippen molar-refractivity contribution in [3.63, 3.8) is 0 Å². The Kier molecular flexibility index (Phi) is 4.85. The first-order chi connectivity index (χ1) is 8.06. The van der Waals surface area contributed by atoms with Crippen molar-refractivity contribution in [2.45, 2.75) is 65.2 Å². The molecule has 1 heterocycles. The van der Waals surface area contributed by atoms with Crippen LogP contribution in [-0.4, -0.2) is 42.3 Å². The summed E-state index contributed by atoms with van der Waals surface area (Å²) in [4.78, 5) is 2.40. The summed E-state index contributed by atoms with van der Waals surface area (Å²) < 4.78 is 6.14. The van der Waals surface area contributed by atoms with E-state index in [9.17, 15) is 0 Å². The molecule has 1 rings (SSSR count). The lowest BCUT2D eigenvalue weighted by Gasteiger charge is -2.31. The molecule has 1 aliphatic heterocycles. The van der Waals surface area contributed by atoms with Gasteiger partial charge >= 0.3 is 0 Å². The minimum Gasteiger partial charge on any atom is -0.368 e. The van der Waals surface area contributed by atoms with Crippen molar-refractivity contribution in [1.29, 1.82) is 0 Å². The van der Waals surface area contributed by atoms with E-state index < -0.39 is 0 Å². The fraction of sp³-hybridized carbons (Fsp3) is 1.00. The Bertz CT molecular complexity index is 274. The summed E-state index contributed by atoms with van der Waals surface area (Å²) in [5.74, 6) is 1.15. The summed E-state index contributed by atoms with van der Waals surface area (Å²) in [5.41, 5.74) is 6.04. The molecule has 3 nitrogen and oxygen atoms in total. The van der Waals surface area contributed by atoms with Crippen LogP contribution in [0.1, 0.15) is 48.0 Å². The summed E-state index contributed by atoms with van der Waals surface area (Å²) in [6.45, 7) is 15.2. The third-order valence-corrected chi connectivity index (χ3v) is 4.25. The smallest absolute Gasteiger partial charge is 0.0788 e. The van der Waals surface area contributed by atoms with Gasteiger partial charge in [-0.25, -0.2) is 0 Å². The van der Waals surface area contributed by atoms with Crippen molar-refractivity contribution in [2.24, 2.45) is 17.6 Å². The molecule has 0 aromatic heterocycles. The third-order valence-electron chi connectivity index (χ3n) is 4.25. The molecule has 0 aromatic carbocycles. The first-order valence-corrected chi connectivity index (χ1v) is 7.20. The quantitative estimate of drug-likeness (QED) is 0.821. The highest BCUT2D eigenvalue weighted by Gasteiger charge is 2.52. The molecule has 2 N–H and O–H groups in total. The van der Waals surface area contributed by atoms with Crippen molar-refractivity contribution < 1.29 is 4.74 Å². The lowest BCUT2D eigenvalue weighted by atomic mass is 9.83. The first-order valence-electron chi connectivity index (χ1n) is 7.20. The van der Waals surface area contributed by atoms with Gasteiger partial charge in [0.2, 0.25) is 0 Å². The van der Waals surface area contributed by atoms with E-state index in [4.69, 9.17) is 10.5 Å². The predicted octanol–water partition coefficient (Wildman–Crippen LogP) is 2.50. The standard InChI is InChI=1S/C15H32N2O/c1-11(2)8-9-17(7)10-12-13(16)15(5,6)18-14(12,3)4/h11-13H,8-10,16H2,1-7H3. The zero-order valence-corrected chi connectivity index (χ0v) is 13.3. The van der Waals surface area contributed by atoms with Crippen LogP contribution in [0.2, 0.25) is 0 Å². The molecule has 0 bridgehead atoms. The average Bonchev–Trinajstić information content (AvgIpc) is 2.33. The number of hydrogen-bond acceptors (Lipinski definition) is 3. The Morgan fingerprint density at radius 3 is 2.11 bits per heavy atom. The molecule has 0 saturated carbocycles. The van der Waals surface area contributed by atoms with Gasteiger partial charge in [-0.15, -0.1) is 0 Å². The maximum Gasteiger partial charge on any atom is 0.0788 e. The van der Waals surface area contributed by atoms with Crippen LogP contribution in [0.25, 0.3) is 0 Å². The monoisotopic (exact) mass is 256 g/mol. The molecule has 108 valence electrons. The molecular formula is C15H32N2O. The molecule has 1 aliphatic rings. The fourth-order valence-electron chi connectivity index (χ4n) is 2.98. The number of ether oxygens (including phenoxy) is 1. The molecule has 1 fully saturated rings. The van der Waals surface area contributed by atoms with Gasteiger partial charge in [0.05, 0.1) is 11.2 Å². The zero-order chi connectivity index (χ0) is 14.1. The van der Waals surface area contributed by atoms with Gasteiger partial charge in [-0.2, -0.15) is 0 Å². The molecule has 1 saturated heterocycles. The van der Waals surface area contributed by atoms with Crippen LogP contribution in [-0.2, 0) is 4.74 Å². The summed E-state index contributed by atoms with van der Waals surface area (Å²) in [6, 6.07) is 0.106. The SMILES string of the molecule is CC(C)CCN(C)CC1C(N)C(C)(C)OC1(C)C. The summed E-state index contributed by atoms with van der Waals surface area (Å²) in [7, 11) is 2.19. The Hall–Kier alpha value is -0.120. The van der Waals surface area contributed by atoms with E-state index in [1.165, 1.54) is 6.42 Å². The topological polar surface area (TPSA) is 38.5 Å². The molecular weight excluding hydrogens is 224 g/mol. The maximum absolute atomic E-state index is 6.38. The van der Waals surface area contributed by atoms with Crippen molar-refractivity contribution in [1.82, 2.24) is 4.90 Å². The van der Waals surface area contributed by atoms with E-state index in [0.717, 1.165) is 19.0 Å². The molecule has 0 aromatic rings. The van der Waals surface area contributed by atoms with Gasteiger partial charge in [0.25, 0.3) is 0 Å². The molecule has 0 radical (unpaired) electrons. The molecule has 18 heavy (non-hydrogen) atoms. The van der Waals surface area contributed by atoms with Crippen LogP contribution in [0, 0.1) is 11.8 Å². The lowest BCUT2D eigenvalue weighted by Crippen LogP contribution is -2.47. The second kappa shape index (κ2) is 5.48. The maximum atomic E-state index is 6.38. The van der Waals surface area contributed by atoms with Gasteiger partial charge in [-0.1, -0.05) is 13.8 Å².